The van der Waals surface area contributed by atoms with E-state index in [1.165, 1.54) is 30.3 Å². The van der Waals surface area contributed by atoms with Gasteiger partial charge in [0.15, 0.2) is 5.78 Å². The molecule has 0 aromatic heterocycles. The molecule has 100 valence electrons. The van der Waals surface area contributed by atoms with Crippen molar-refractivity contribution in [1.29, 1.82) is 0 Å². The molecule has 2 rings (SSSR count). The smallest absolute Gasteiger partial charge is 0.185 e. The van der Waals surface area contributed by atoms with Crippen LogP contribution in [0.2, 0.25) is 0 Å². The summed E-state index contributed by atoms with van der Waals surface area (Å²) in [4.78, 5) is 11.9. The summed E-state index contributed by atoms with van der Waals surface area (Å²) in [5.74, 6) is -0.450. The zero-order valence-corrected chi connectivity index (χ0v) is 10.7. The van der Waals surface area contributed by atoms with Crippen LogP contribution in [0.3, 0.4) is 0 Å². The van der Waals surface area contributed by atoms with Crippen molar-refractivity contribution >= 4 is 17.4 Å². The van der Waals surface area contributed by atoms with Gasteiger partial charge >= 0.3 is 0 Å². The Morgan fingerprint density at radius 1 is 1.05 bits per heavy atom. The van der Waals surface area contributed by atoms with Crippen LogP contribution in [0.1, 0.15) is 11.1 Å². The highest BCUT2D eigenvalue weighted by Crippen LogP contribution is 2.21. The third kappa shape index (κ3) is 3.20. The lowest BCUT2D eigenvalue weighted by atomic mass is 9.99. The zero-order valence-electron chi connectivity index (χ0n) is 10.7. The van der Waals surface area contributed by atoms with Crippen molar-refractivity contribution in [3.05, 3.63) is 78.1 Å². The van der Waals surface area contributed by atoms with Gasteiger partial charge in [-0.3, -0.25) is 4.79 Å². The van der Waals surface area contributed by atoms with Crippen molar-refractivity contribution < 1.29 is 14.3 Å². The number of carbonyl (C=O) groups excluding carboxylic acids is 1. The van der Waals surface area contributed by atoms with E-state index in [1.54, 1.807) is 30.3 Å². The number of halogens is 1. The Bertz CT molecular complexity index is 652. The van der Waals surface area contributed by atoms with Crippen molar-refractivity contribution in [2.75, 3.05) is 0 Å². The molecular formula is C17H13FO2. The highest BCUT2D eigenvalue weighted by molar-refractivity contribution is 6.29. The molecule has 20 heavy (non-hydrogen) atoms. The van der Waals surface area contributed by atoms with Crippen LogP contribution in [0.25, 0.3) is 11.6 Å². The van der Waals surface area contributed by atoms with Crippen LogP contribution in [0.4, 0.5) is 4.39 Å². The van der Waals surface area contributed by atoms with Crippen LogP contribution in [0.5, 0.6) is 5.75 Å². The SMILES string of the molecule is C=CC(=O)C(=Cc1ccc(O)cc1)c1ccc(F)cc1. The Morgan fingerprint density at radius 3 is 2.20 bits per heavy atom. The molecule has 0 radical (unpaired) electrons. The second-order valence-electron chi connectivity index (χ2n) is 4.22. The van der Waals surface area contributed by atoms with Crippen molar-refractivity contribution in [2.24, 2.45) is 0 Å². The van der Waals surface area contributed by atoms with Crippen molar-refractivity contribution in [2.45, 2.75) is 0 Å². The fourth-order valence-electron chi connectivity index (χ4n) is 1.77. The van der Waals surface area contributed by atoms with Crippen LogP contribution in [0.15, 0.2) is 61.2 Å². The predicted octanol–water partition coefficient (Wildman–Crippen LogP) is 3.83. The van der Waals surface area contributed by atoms with E-state index >= 15 is 0 Å². The Hall–Kier alpha value is -2.68. The van der Waals surface area contributed by atoms with E-state index in [4.69, 9.17) is 0 Å². The summed E-state index contributed by atoms with van der Waals surface area (Å²) < 4.78 is 13.0. The molecule has 2 aromatic rings. The molecule has 1 N–H and O–H groups in total. The summed E-state index contributed by atoms with van der Waals surface area (Å²) in [5, 5.41) is 9.25. The number of carbonyl (C=O) groups is 1. The first-order valence-corrected chi connectivity index (χ1v) is 6.03. The van der Waals surface area contributed by atoms with E-state index < -0.39 is 0 Å². The summed E-state index contributed by atoms with van der Waals surface area (Å²) in [5.41, 5.74) is 1.80. The van der Waals surface area contributed by atoms with Gasteiger partial charge in [0.05, 0.1) is 0 Å². The molecule has 0 saturated carbocycles. The number of hydrogen-bond donors (Lipinski definition) is 1. The van der Waals surface area contributed by atoms with Gasteiger partial charge in [0.25, 0.3) is 0 Å². The number of phenols is 1. The molecule has 0 fully saturated rings. The number of ketones is 1. The molecule has 0 atom stereocenters. The maximum atomic E-state index is 13.0. The molecule has 0 bridgehead atoms. The Balaban J connectivity index is 2.47. The van der Waals surface area contributed by atoms with Gasteiger partial charge in [0, 0.05) is 5.57 Å². The normalized spacial score (nSPS) is 11.2. The molecule has 0 spiro atoms. The van der Waals surface area contributed by atoms with Gasteiger partial charge in [0.1, 0.15) is 11.6 Å². The number of allylic oxidation sites excluding steroid dienone is 2. The molecule has 0 aliphatic heterocycles. The molecule has 2 nitrogen and oxygen atoms in total. The Kier molecular flexibility index (Phi) is 4.11. The molecule has 0 saturated heterocycles. The first kappa shape index (κ1) is 13.7. The van der Waals surface area contributed by atoms with E-state index in [1.807, 2.05) is 0 Å². The lowest BCUT2D eigenvalue weighted by Gasteiger charge is -2.05. The van der Waals surface area contributed by atoms with E-state index in [9.17, 15) is 14.3 Å². The molecule has 0 aliphatic rings. The monoisotopic (exact) mass is 268 g/mol. The van der Waals surface area contributed by atoms with Gasteiger partial charge in [0.2, 0.25) is 0 Å². The molecule has 3 heteroatoms. The van der Waals surface area contributed by atoms with Crippen LogP contribution >= 0.6 is 0 Å². The number of rotatable bonds is 4. The maximum Gasteiger partial charge on any atom is 0.185 e. The lowest BCUT2D eigenvalue weighted by molar-refractivity contribution is -0.109. The van der Waals surface area contributed by atoms with Gasteiger partial charge in [-0.1, -0.05) is 30.8 Å². The maximum absolute atomic E-state index is 13.0. The zero-order chi connectivity index (χ0) is 14.5. The van der Waals surface area contributed by atoms with E-state index in [2.05, 4.69) is 6.58 Å². The van der Waals surface area contributed by atoms with Crippen LogP contribution in [-0.2, 0) is 4.79 Å². The molecular weight excluding hydrogens is 255 g/mol. The van der Waals surface area contributed by atoms with E-state index in [0.717, 1.165) is 5.56 Å². The average molecular weight is 268 g/mol. The van der Waals surface area contributed by atoms with Gasteiger partial charge in [-0.15, -0.1) is 0 Å². The van der Waals surface area contributed by atoms with Crippen molar-refractivity contribution in [3.8, 4) is 5.75 Å². The fraction of sp³-hybridized carbons (Fsp3) is 0. The number of phenolic OH excluding ortho intramolecular Hbond substituents is 1. The number of aromatic hydroxyl groups is 1. The second kappa shape index (κ2) is 5.97. The first-order valence-electron chi connectivity index (χ1n) is 6.03. The third-order valence-corrected chi connectivity index (χ3v) is 2.81. The molecule has 0 heterocycles. The Labute approximate surface area is 116 Å². The first-order chi connectivity index (χ1) is 9.60. The molecule has 0 unspecified atom stereocenters. The average Bonchev–Trinajstić information content (AvgIpc) is 2.47. The van der Waals surface area contributed by atoms with E-state index in [0.29, 0.717) is 11.1 Å². The topological polar surface area (TPSA) is 37.3 Å². The van der Waals surface area contributed by atoms with Gasteiger partial charge in [-0.2, -0.15) is 0 Å². The standard InChI is InChI=1S/C17H13FO2/c1-2-17(20)16(13-5-7-14(18)8-6-13)11-12-3-9-15(19)10-4-12/h2-11,19H,1H2. The molecule has 0 aliphatic carbocycles. The van der Waals surface area contributed by atoms with Crippen LogP contribution in [0, 0.1) is 5.82 Å². The van der Waals surface area contributed by atoms with Crippen molar-refractivity contribution in [1.82, 2.24) is 0 Å². The third-order valence-electron chi connectivity index (χ3n) is 2.81. The second-order valence-corrected chi connectivity index (χ2v) is 4.22. The van der Waals surface area contributed by atoms with Crippen LogP contribution < -0.4 is 0 Å². The lowest BCUT2D eigenvalue weighted by Crippen LogP contribution is -1.97. The fourth-order valence-corrected chi connectivity index (χ4v) is 1.77. The summed E-state index contributed by atoms with van der Waals surface area (Å²) in [6.07, 6.45) is 2.90. The van der Waals surface area contributed by atoms with Gasteiger partial charge in [-0.25, -0.2) is 4.39 Å². The van der Waals surface area contributed by atoms with E-state index in [-0.39, 0.29) is 17.3 Å². The minimum Gasteiger partial charge on any atom is -0.508 e. The quantitative estimate of drug-likeness (QED) is 0.676. The highest BCUT2D eigenvalue weighted by atomic mass is 19.1. The minimum absolute atomic E-state index is 0.153. The van der Waals surface area contributed by atoms with Crippen molar-refractivity contribution in [3.63, 3.8) is 0 Å². The number of hydrogen-bond acceptors (Lipinski definition) is 2. The largest absolute Gasteiger partial charge is 0.508 e. The predicted molar refractivity (Wildman–Crippen MR) is 77.6 cm³/mol. The highest BCUT2D eigenvalue weighted by Gasteiger charge is 2.09. The summed E-state index contributed by atoms with van der Waals surface area (Å²) in [7, 11) is 0. The summed E-state index contributed by atoms with van der Waals surface area (Å²) in [6.45, 7) is 3.48. The molecule has 2 aromatic carbocycles. The Morgan fingerprint density at radius 2 is 1.65 bits per heavy atom. The number of benzene rings is 2. The van der Waals surface area contributed by atoms with Gasteiger partial charge < -0.3 is 5.11 Å². The van der Waals surface area contributed by atoms with Crippen LogP contribution in [-0.4, -0.2) is 10.9 Å². The van der Waals surface area contributed by atoms with Gasteiger partial charge in [-0.05, 0) is 47.5 Å². The molecule has 0 amide bonds. The summed E-state index contributed by atoms with van der Waals surface area (Å²) in [6, 6.07) is 12.1. The minimum atomic E-state index is -0.358. The summed E-state index contributed by atoms with van der Waals surface area (Å²) >= 11 is 0.